The van der Waals surface area contributed by atoms with Crippen molar-refractivity contribution in [2.45, 2.75) is 124 Å². The van der Waals surface area contributed by atoms with Gasteiger partial charge in [-0.15, -0.1) is 0 Å². The van der Waals surface area contributed by atoms with E-state index in [0.717, 1.165) is 38.5 Å². The summed E-state index contributed by atoms with van der Waals surface area (Å²) in [5.74, 6) is -0.655. The Morgan fingerprint density at radius 1 is 0.593 bits per heavy atom. The van der Waals surface area contributed by atoms with Crippen LogP contribution in [0.25, 0.3) is 0 Å². The summed E-state index contributed by atoms with van der Waals surface area (Å²) in [6.45, 7) is 7.22. The van der Waals surface area contributed by atoms with Crippen molar-refractivity contribution in [3.05, 3.63) is 0 Å². The third-order valence-electron chi connectivity index (χ3n) is 5.59. The SMILES string of the molecule is CCCCCCCCCC(=O)C(CCCCCCCC)(C(C)=O)C(C)=O.[SnH2]. The van der Waals surface area contributed by atoms with Crippen molar-refractivity contribution in [3.63, 3.8) is 0 Å². The first-order valence-corrected chi connectivity index (χ1v) is 11.0. The van der Waals surface area contributed by atoms with Gasteiger partial charge in [-0.1, -0.05) is 90.9 Å². The molecule has 0 saturated heterocycles. The molecule has 158 valence electrons. The standard InChI is InChI=1S/C23H42O3.Sn.2H/c1-5-7-9-11-13-14-16-18-22(26)23(20(3)24,21(4)25)19-17-15-12-10-8-6-2;;;/h5-19H2,1-4H3;;;. The summed E-state index contributed by atoms with van der Waals surface area (Å²) >= 11 is 0. The Morgan fingerprint density at radius 3 is 1.37 bits per heavy atom. The predicted molar refractivity (Wildman–Crippen MR) is 118 cm³/mol. The van der Waals surface area contributed by atoms with Gasteiger partial charge in [-0.3, -0.25) is 14.4 Å². The van der Waals surface area contributed by atoms with Crippen LogP contribution < -0.4 is 0 Å². The van der Waals surface area contributed by atoms with Gasteiger partial charge in [0.2, 0.25) is 0 Å². The fraction of sp³-hybridized carbons (Fsp3) is 0.870. The molecule has 0 saturated carbocycles. The van der Waals surface area contributed by atoms with Crippen LogP contribution >= 0.6 is 0 Å². The van der Waals surface area contributed by atoms with Gasteiger partial charge in [0.25, 0.3) is 0 Å². The van der Waals surface area contributed by atoms with E-state index >= 15 is 0 Å². The Bertz CT molecular complexity index is 404. The number of carbonyl (C=O) groups excluding carboxylic acids is 3. The zero-order valence-corrected chi connectivity index (χ0v) is 22.6. The van der Waals surface area contributed by atoms with Gasteiger partial charge in [0.05, 0.1) is 0 Å². The summed E-state index contributed by atoms with van der Waals surface area (Å²) in [4.78, 5) is 37.4. The summed E-state index contributed by atoms with van der Waals surface area (Å²) in [7, 11) is 0. The minimum absolute atomic E-state index is 0. The summed E-state index contributed by atoms with van der Waals surface area (Å²) < 4.78 is 0. The van der Waals surface area contributed by atoms with Crippen molar-refractivity contribution < 1.29 is 14.4 Å². The first kappa shape index (κ1) is 29.0. The number of ketones is 3. The molecule has 0 aliphatic carbocycles. The van der Waals surface area contributed by atoms with Crippen LogP contribution in [0.4, 0.5) is 0 Å². The van der Waals surface area contributed by atoms with Crippen LogP contribution in [0.1, 0.15) is 124 Å². The number of unbranched alkanes of at least 4 members (excludes halogenated alkanes) is 11. The van der Waals surface area contributed by atoms with Gasteiger partial charge in [0, 0.05) is 6.42 Å². The van der Waals surface area contributed by atoms with Gasteiger partial charge in [-0.25, -0.2) is 0 Å². The van der Waals surface area contributed by atoms with Gasteiger partial charge in [-0.05, 0) is 26.7 Å². The normalized spacial score (nSPS) is 11.1. The maximum atomic E-state index is 12.8. The van der Waals surface area contributed by atoms with Crippen LogP contribution in [-0.2, 0) is 14.4 Å². The molecule has 0 spiro atoms. The van der Waals surface area contributed by atoms with E-state index in [1.54, 1.807) is 0 Å². The summed E-state index contributed by atoms with van der Waals surface area (Å²) in [5, 5.41) is 0. The molecule has 0 fully saturated rings. The molecular formula is C23H44O3Sn. The van der Waals surface area contributed by atoms with Crippen molar-refractivity contribution in [1.29, 1.82) is 0 Å². The average molecular weight is 487 g/mol. The number of rotatable bonds is 18. The molecule has 0 aromatic rings. The van der Waals surface area contributed by atoms with E-state index in [9.17, 15) is 14.4 Å². The Balaban J connectivity index is 0. The van der Waals surface area contributed by atoms with E-state index in [-0.39, 0.29) is 41.3 Å². The first-order valence-electron chi connectivity index (χ1n) is 11.0. The zero-order chi connectivity index (χ0) is 19.8. The Morgan fingerprint density at radius 2 is 0.963 bits per heavy atom. The average Bonchev–Trinajstić information content (AvgIpc) is 2.59. The predicted octanol–water partition coefficient (Wildman–Crippen LogP) is 5.70. The summed E-state index contributed by atoms with van der Waals surface area (Å²) in [5.41, 5.74) is -1.37. The molecule has 0 atom stereocenters. The number of hydrogen-bond acceptors (Lipinski definition) is 3. The van der Waals surface area contributed by atoms with Crippen molar-refractivity contribution in [2.75, 3.05) is 0 Å². The minimum atomic E-state index is -1.37. The molecule has 27 heavy (non-hydrogen) atoms. The molecule has 0 aromatic carbocycles. The topological polar surface area (TPSA) is 51.2 Å². The van der Waals surface area contributed by atoms with Crippen molar-refractivity contribution in [1.82, 2.24) is 0 Å². The second-order valence-electron chi connectivity index (χ2n) is 7.83. The van der Waals surface area contributed by atoms with Crippen LogP contribution in [0.2, 0.25) is 0 Å². The van der Waals surface area contributed by atoms with E-state index in [1.165, 1.54) is 58.8 Å². The van der Waals surface area contributed by atoms with Crippen LogP contribution in [0, 0.1) is 5.41 Å². The van der Waals surface area contributed by atoms with E-state index in [1.807, 2.05) is 0 Å². The van der Waals surface area contributed by atoms with Gasteiger partial charge in [0.1, 0.15) is 5.41 Å². The molecule has 0 unspecified atom stereocenters. The van der Waals surface area contributed by atoms with Crippen molar-refractivity contribution in [2.24, 2.45) is 5.41 Å². The third kappa shape index (κ3) is 11.4. The molecule has 0 rings (SSSR count). The van der Waals surface area contributed by atoms with Crippen molar-refractivity contribution >= 4 is 41.3 Å². The molecule has 4 heteroatoms. The van der Waals surface area contributed by atoms with E-state index < -0.39 is 5.41 Å². The fourth-order valence-corrected chi connectivity index (χ4v) is 3.76. The van der Waals surface area contributed by atoms with E-state index in [0.29, 0.717) is 12.8 Å². The molecule has 0 aromatic heterocycles. The monoisotopic (exact) mass is 488 g/mol. The van der Waals surface area contributed by atoms with Gasteiger partial charge in [0.15, 0.2) is 17.3 Å². The van der Waals surface area contributed by atoms with Crippen LogP contribution in [0.3, 0.4) is 0 Å². The molecule has 0 aliphatic heterocycles. The van der Waals surface area contributed by atoms with Gasteiger partial charge >= 0.3 is 23.9 Å². The molecular weight excluding hydrogens is 443 g/mol. The number of carbonyl (C=O) groups is 3. The molecule has 0 N–H and O–H groups in total. The first-order chi connectivity index (χ1) is 12.4. The molecule has 0 amide bonds. The van der Waals surface area contributed by atoms with Crippen molar-refractivity contribution in [3.8, 4) is 0 Å². The van der Waals surface area contributed by atoms with Gasteiger partial charge in [-0.2, -0.15) is 0 Å². The van der Waals surface area contributed by atoms with Crippen LogP contribution in [-0.4, -0.2) is 41.3 Å². The van der Waals surface area contributed by atoms with E-state index in [4.69, 9.17) is 0 Å². The van der Waals surface area contributed by atoms with Gasteiger partial charge < -0.3 is 0 Å². The maximum absolute atomic E-state index is 12.8. The molecule has 0 heterocycles. The second kappa shape index (κ2) is 17.9. The Labute approximate surface area is 184 Å². The molecule has 2 radical (unpaired) electrons. The summed E-state index contributed by atoms with van der Waals surface area (Å²) in [6, 6.07) is 0. The molecule has 0 bridgehead atoms. The number of Topliss-reactive ketones (excluding diaryl/α,β-unsaturated/α-hetero) is 3. The Hall–Kier alpha value is -0.191. The zero-order valence-electron chi connectivity index (χ0n) is 18.5. The quantitative estimate of drug-likeness (QED) is 0.142. The number of hydrogen-bond donors (Lipinski definition) is 0. The third-order valence-corrected chi connectivity index (χ3v) is 5.59. The second-order valence-corrected chi connectivity index (χ2v) is 7.83. The van der Waals surface area contributed by atoms with Crippen LogP contribution in [0.5, 0.6) is 0 Å². The summed E-state index contributed by atoms with van der Waals surface area (Å²) in [6.07, 6.45) is 15.2. The Kier molecular flexibility index (Phi) is 19.2. The molecule has 0 aliphatic rings. The fourth-order valence-electron chi connectivity index (χ4n) is 3.76. The molecule has 3 nitrogen and oxygen atoms in total. The van der Waals surface area contributed by atoms with E-state index in [2.05, 4.69) is 13.8 Å². The van der Waals surface area contributed by atoms with Crippen LogP contribution in [0.15, 0.2) is 0 Å².